The van der Waals surface area contributed by atoms with E-state index >= 15 is 0 Å². The van der Waals surface area contributed by atoms with Gasteiger partial charge in [-0.25, -0.2) is 0 Å². The predicted octanol–water partition coefficient (Wildman–Crippen LogP) is 1.85. The Bertz CT molecular complexity index is 652. The second-order valence-corrected chi connectivity index (χ2v) is 8.33. The third kappa shape index (κ3) is 4.84. The molecule has 1 atom stereocenters. The van der Waals surface area contributed by atoms with E-state index in [-0.39, 0.29) is 12.0 Å². The Kier molecular flexibility index (Phi) is 6.47. The van der Waals surface area contributed by atoms with Crippen molar-refractivity contribution in [2.24, 2.45) is 0 Å². The summed E-state index contributed by atoms with van der Waals surface area (Å²) in [5.41, 5.74) is 0. The summed E-state index contributed by atoms with van der Waals surface area (Å²) in [7, 11) is 1.70. The third-order valence-corrected chi connectivity index (χ3v) is 5.98. The van der Waals surface area contributed by atoms with Gasteiger partial charge >= 0.3 is 0 Å². The molecule has 8 heteroatoms. The molecule has 0 aromatic carbocycles. The molecular formula is C20H33N5O3. The van der Waals surface area contributed by atoms with Gasteiger partial charge in [0.05, 0.1) is 19.3 Å². The topological polar surface area (TPSA) is 81.5 Å². The van der Waals surface area contributed by atoms with Crippen LogP contribution < -0.4 is 10.2 Å². The number of hydrogen-bond acceptors (Lipinski definition) is 6. The maximum absolute atomic E-state index is 12.1. The van der Waals surface area contributed by atoms with Crippen molar-refractivity contribution in [1.29, 1.82) is 0 Å². The van der Waals surface area contributed by atoms with Crippen LogP contribution in [0.3, 0.4) is 0 Å². The summed E-state index contributed by atoms with van der Waals surface area (Å²) >= 11 is 0. The highest BCUT2D eigenvalue weighted by Crippen LogP contribution is 2.35. The molecule has 0 spiro atoms. The van der Waals surface area contributed by atoms with Gasteiger partial charge in [0.2, 0.25) is 11.9 Å². The van der Waals surface area contributed by atoms with E-state index in [0.717, 1.165) is 50.7 Å². The molecule has 156 valence electrons. The normalized spacial score (nSPS) is 23.3. The summed E-state index contributed by atoms with van der Waals surface area (Å²) in [5, 5.41) is 12.3. The van der Waals surface area contributed by atoms with Crippen molar-refractivity contribution in [3.05, 3.63) is 5.82 Å². The maximum atomic E-state index is 12.1. The van der Waals surface area contributed by atoms with Gasteiger partial charge < -0.3 is 19.7 Å². The smallest absolute Gasteiger partial charge is 0.227 e. The van der Waals surface area contributed by atoms with E-state index in [2.05, 4.69) is 25.0 Å². The first kappa shape index (κ1) is 19.6. The average molecular weight is 392 g/mol. The fourth-order valence-electron chi connectivity index (χ4n) is 4.35. The Morgan fingerprint density at radius 2 is 2.07 bits per heavy atom. The minimum Gasteiger partial charge on any atom is -0.382 e. The zero-order valence-electron chi connectivity index (χ0n) is 16.9. The number of ether oxygens (including phenoxy) is 2. The van der Waals surface area contributed by atoms with Crippen LogP contribution in [0.15, 0.2) is 0 Å². The molecule has 1 N–H and O–H groups in total. The molecule has 2 heterocycles. The second kappa shape index (κ2) is 9.22. The Morgan fingerprint density at radius 1 is 1.25 bits per heavy atom. The lowest BCUT2D eigenvalue weighted by atomic mass is 10.1. The highest BCUT2D eigenvalue weighted by molar-refractivity contribution is 5.76. The third-order valence-electron chi connectivity index (χ3n) is 5.98. The second-order valence-electron chi connectivity index (χ2n) is 8.33. The fourth-order valence-corrected chi connectivity index (χ4v) is 4.35. The zero-order valence-corrected chi connectivity index (χ0v) is 16.9. The van der Waals surface area contributed by atoms with Crippen LogP contribution in [0, 0.1) is 0 Å². The van der Waals surface area contributed by atoms with Gasteiger partial charge in [-0.15, -0.1) is 10.2 Å². The molecule has 4 rings (SSSR count). The lowest BCUT2D eigenvalue weighted by molar-refractivity contribution is -0.121. The molecular weight excluding hydrogens is 358 g/mol. The number of carbonyl (C=O) groups excluding carboxylic acids is 1. The molecule has 3 aliphatic rings. The SMILES string of the molecule is COCC1CN(c2nnc(C3CCCC3)n2CCCC(=O)NC2CC2)CCO1. The standard InChI is InChI=1S/C20H33N5O3/c1-27-14-17-13-24(11-12-28-17)20-23-22-19(15-5-2-3-6-15)25(20)10-4-7-18(26)21-16-8-9-16/h15-17H,2-14H2,1H3,(H,21,26). The van der Waals surface area contributed by atoms with E-state index in [1.165, 1.54) is 25.7 Å². The molecule has 1 aliphatic heterocycles. The Balaban J connectivity index is 1.44. The van der Waals surface area contributed by atoms with Crippen molar-refractivity contribution in [2.75, 3.05) is 38.3 Å². The first-order chi connectivity index (χ1) is 13.7. The maximum Gasteiger partial charge on any atom is 0.227 e. The zero-order chi connectivity index (χ0) is 19.3. The number of aromatic nitrogens is 3. The van der Waals surface area contributed by atoms with Gasteiger partial charge in [0.1, 0.15) is 5.82 Å². The van der Waals surface area contributed by atoms with Crippen LogP contribution in [-0.4, -0.2) is 66.2 Å². The van der Waals surface area contributed by atoms with Gasteiger partial charge in [-0.05, 0) is 32.1 Å². The van der Waals surface area contributed by atoms with Crippen molar-refractivity contribution in [3.8, 4) is 0 Å². The number of methoxy groups -OCH3 is 1. The summed E-state index contributed by atoms with van der Waals surface area (Å²) in [6, 6.07) is 0.429. The quantitative estimate of drug-likeness (QED) is 0.692. The van der Waals surface area contributed by atoms with Crippen LogP contribution in [0.5, 0.6) is 0 Å². The number of amides is 1. The minimum absolute atomic E-state index is 0.0585. The van der Waals surface area contributed by atoms with Gasteiger partial charge in [-0.1, -0.05) is 12.8 Å². The number of rotatable bonds is 9. The molecule has 0 bridgehead atoms. The Hall–Kier alpha value is -1.67. The number of morpholine rings is 1. The van der Waals surface area contributed by atoms with E-state index in [4.69, 9.17) is 9.47 Å². The van der Waals surface area contributed by atoms with Gasteiger partial charge in [0, 0.05) is 45.1 Å². The van der Waals surface area contributed by atoms with E-state index < -0.39 is 0 Å². The summed E-state index contributed by atoms with van der Waals surface area (Å²) in [5.74, 6) is 2.70. The molecule has 28 heavy (non-hydrogen) atoms. The Labute approximate surface area is 167 Å². The van der Waals surface area contributed by atoms with Crippen LogP contribution in [-0.2, 0) is 20.8 Å². The summed E-state index contributed by atoms with van der Waals surface area (Å²) in [6.45, 7) is 3.62. The van der Waals surface area contributed by atoms with Crippen LogP contribution in [0.4, 0.5) is 5.95 Å². The van der Waals surface area contributed by atoms with Crippen LogP contribution in [0.1, 0.15) is 63.1 Å². The van der Waals surface area contributed by atoms with E-state index in [0.29, 0.717) is 31.6 Å². The summed E-state index contributed by atoms with van der Waals surface area (Å²) < 4.78 is 13.3. The van der Waals surface area contributed by atoms with Crippen molar-refractivity contribution in [2.45, 2.75) is 76.0 Å². The number of nitrogens with zero attached hydrogens (tertiary/aromatic N) is 4. The number of hydrogen-bond donors (Lipinski definition) is 1. The monoisotopic (exact) mass is 391 g/mol. The van der Waals surface area contributed by atoms with Crippen LogP contribution in [0.25, 0.3) is 0 Å². The molecule has 0 radical (unpaired) electrons. The Morgan fingerprint density at radius 3 is 2.82 bits per heavy atom. The highest BCUT2D eigenvalue weighted by Gasteiger charge is 2.29. The molecule has 1 amide bonds. The molecule has 8 nitrogen and oxygen atoms in total. The van der Waals surface area contributed by atoms with E-state index in [1.54, 1.807) is 7.11 Å². The van der Waals surface area contributed by atoms with E-state index in [9.17, 15) is 4.79 Å². The molecule has 2 aliphatic carbocycles. The lowest BCUT2D eigenvalue weighted by Crippen LogP contribution is -2.45. The fraction of sp³-hybridized carbons (Fsp3) is 0.850. The molecule has 1 unspecified atom stereocenters. The molecule has 3 fully saturated rings. The molecule has 1 aromatic rings. The molecule has 1 aromatic heterocycles. The number of anilines is 1. The molecule has 1 saturated heterocycles. The van der Waals surface area contributed by atoms with Crippen LogP contribution in [0.2, 0.25) is 0 Å². The first-order valence-corrected chi connectivity index (χ1v) is 10.8. The van der Waals surface area contributed by atoms with Gasteiger partial charge in [-0.2, -0.15) is 0 Å². The van der Waals surface area contributed by atoms with Crippen molar-refractivity contribution >= 4 is 11.9 Å². The first-order valence-electron chi connectivity index (χ1n) is 10.8. The predicted molar refractivity (Wildman–Crippen MR) is 105 cm³/mol. The van der Waals surface area contributed by atoms with Crippen molar-refractivity contribution in [3.63, 3.8) is 0 Å². The lowest BCUT2D eigenvalue weighted by Gasteiger charge is -2.33. The minimum atomic E-state index is 0.0585. The number of carbonyl (C=O) groups is 1. The number of nitrogens with one attached hydrogen (secondary N) is 1. The molecule has 2 saturated carbocycles. The summed E-state index contributed by atoms with van der Waals surface area (Å²) in [6.07, 6.45) is 8.62. The van der Waals surface area contributed by atoms with Gasteiger partial charge in [0.25, 0.3) is 0 Å². The van der Waals surface area contributed by atoms with Crippen molar-refractivity contribution in [1.82, 2.24) is 20.1 Å². The summed E-state index contributed by atoms with van der Waals surface area (Å²) in [4.78, 5) is 14.3. The van der Waals surface area contributed by atoms with E-state index in [1.807, 2.05) is 0 Å². The van der Waals surface area contributed by atoms with Crippen molar-refractivity contribution < 1.29 is 14.3 Å². The highest BCUT2D eigenvalue weighted by atomic mass is 16.5. The van der Waals surface area contributed by atoms with Gasteiger partial charge in [0.15, 0.2) is 0 Å². The largest absolute Gasteiger partial charge is 0.382 e. The average Bonchev–Trinajstić information content (AvgIpc) is 3.18. The van der Waals surface area contributed by atoms with Gasteiger partial charge in [-0.3, -0.25) is 9.36 Å². The van der Waals surface area contributed by atoms with Crippen LogP contribution >= 0.6 is 0 Å².